The van der Waals surface area contributed by atoms with E-state index in [1.165, 1.54) is 12.8 Å². The molecule has 3 N–H and O–H groups in total. The van der Waals surface area contributed by atoms with Crippen LogP contribution in [0, 0.1) is 19.8 Å². The Morgan fingerprint density at radius 3 is 2.76 bits per heavy atom. The third-order valence-corrected chi connectivity index (χ3v) is 4.70. The molecule has 2 heterocycles. The number of aryl methyl sites for hydroxylation is 2. The van der Waals surface area contributed by atoms with Crippen LogP contribution in [0.4, 0.5) is 11.8 Å². The monoisotopic (exact) mass is 357 g/mol. The molecule has 2 aromatic rings. The molecule has 0 radical (unpaired) electrons. The average Bonchev–Trinajstić information content (AvgIpc) is 3.33. The first-order valence-electron chi connectivity index (χ1n) is 8.26. The summed E-state index contributed by atoms with van der Waals surface area (Å²) in [5, 5.41) is 13.7. The number of thiazole rings is 1. The number of nitrogens with zero attached hydrogens (tertiary/aromatic N) is 4. The summed E-state index contributed by atoms with van der Waals surface area (Å²) in [6, 6.07) is 1.86. The Morgan fingerprint density at radius 1 is 1.28 bits per heavy atom. The lowest BCUT2D eigenvalue weighted by Crippen LogP contribution is -2.16. The van der Waals surface area contributed by atoms with Crippen molar-refractivity contribution in [2.24, 2.45) is 11.0 Å². The number of anilines is 2. The van der Waals surface area contributed by atoms with Gasteiger partial charge in [-0.1, -0.05) is 6.58 Å². The molecule has 8 heteroatoms. The number of rotatable bonds is 8. The van der Waals surface area contributed by atoms with Crippen LogP contribution in [-0.4, -0.2) is 20.7 Å². The van der Waals surface area contributed by atoms with Gasteiger partial charge in [0.15, 0.2) is 0 Å². The Hall–Kier alpha value is -2.48. The fourth-order valence-electron chi connectivity index (χ4n) is 2.28. The van der Waals surface area contributed by atoms with Crippen LogP contribution in [0.3, 0.4) is 0 Å². The van der Waals surface area contributed by atoms with Crippen LogP contribution in [0.5, 0.6) is 0 Å². The summed E-state index contributed by atoms with van der Waals surface area (Å²) >= 11 is 1.62. The highest BCUT2D eigenvalue weighted by Gasteiger charge is 2.24. The normalized spacial score (nSPS) is 14.3. The maximum Gasteiger partial charge on any atom is 0.225 e. The standard InChI is InChI=1S/C17H23N7S/c1-10-7-15(21-13(4)24-23-12(3)14-5-6-14)22-17(20-10)18-8-16-19-11(2)9-25-16/h7,9,14,24H,4-6,8H2,1-3H3,(H2,18,20,21,22)/b23-12+. The molecule has 0 aromatic carbocycles. The molecule has 0 aliphatic heterocycles. The van der Waals surface area contributed by atoms with Gasteiger partial charge < -0.3 is 10.6 Å². The Labute approximate surface area is 151 Å². The van der Waals surface area contributed by atoms with Crippen LogP contribution in [0.1, 0.15) is 36.2 Å². The summed E-state index contributed by atoms with van der Waals surface area (Å²) in [4.78, 5) is 13.3. The van der Waals surface area contributed by atoms with Crippen molar-refractivity contribution < 1.29 is 0 Å². The topological polar surface area (TPSA) is 87.1 Å². The maximum absolute atomic E-state index is 4.46. The quantitative estimate of drug-likeness (QED) is 0.496. The molecule has 0 bridgehead atoms. The summed E-state index contributed by atoms with van der Waals surface area (Å²) in [5.74, 6) is 2.44. The van der Waals surface area contributed by atoms with Crippen molar-refractivity contribution in [1.29, 1.82) is 0 Å². The predicted octanol–water partition coefficient (Wildman–Crippen LogP) is 3.42. The molecule has 132 valence electrons. The molecule has 25 heavy (non-hydrogen) atoms. The summed E-state index contributed by atoms with van der Waals surface area (Å²) < 4.78 is 0. The smallest absolute Gasteiger partial charge is 0.225 e. The van der Waals surface area contributed by atoms with E-state index in [9.17, 15) is 0 Å². The third-order valence-electron chi connectivity index (χ3n) is 3.73. The molecule has 1 aliphatic carbocycles. The van der Waals surface area contributed by atoms with E-state index in [-0.39, 0.29) is 0 Å². The Balaban J connectivity index is 1.58. The second-order valence-electron chi connectivity index (χ2n) is 6.20. The second-order valence-corrected chi connectivity index (χ2v) is 7.14. The van der Waals surface area contributed by atoms with Crippen molar-refractivity contribution >= 4 is 28.8 Å². The zero-order valence-corrected chi connectivity index (χ0v) is 15.6. The van der Waals surface area contributed by atoms with Crippen molar-refractivity contribution in [2.75, 3.05) is 10.6 Å². The largest absolute Gasteiger partial charge is 0.348 e. The van der Waals surface area contributed by atoms with Gasteiger partial charge in [0.05, 0.1) is 6.54 Å². The van der Waals surface area contributed by atoms with Crippen LogP contribution in [0.15, 0.2) is 28.9 Å². The van der Waals surface area contributed by atoms with E-state index in [2.05, 4.69) is 42.7 Å². The van der Waals surface area contributed by atoms with Crippen LogP contribution < -0.4 is 16.1 Å². The lowest BCUT2D eigenvalue weighted by Gasteiger charge is -2.11. The predicted molar refractivity (Wildman–Crippen MR) is 103 cm³/mol. The molecule has 1 aliphatic rings. The van der Waals surface area contributed by atoms with Crippen LogP contribution in [0.2, 0.25) is 0 Å². The number of hydrogen-bond acceptors (Lipinski definition) is 8. The number of hydrogen-bond donors (Lipinski definition) is 3. The van der Waals surface area contributed by atoms with E-state index in [1.807, 2.05) is 32.2 Å². The summed E-state index contributed by atoms with van der Waals surface area (Å²) in [7, 11) is 0. The lowest BCUT2D eigenvalue weighted by molar-refractivity contribution is 0.877. The minimum absolute atomic E-state index is 0.556. The van der Waals surface area contributed by atoms with E-state index in [4.69, 9.17) is 0 Å². The first kappa shape index (κ1) is 17.3. The molecule has 1 saturated carbocycles. The highest BCUT2D eigenvalue weighted by Crippen LogP contribution is 2.30. The second kappa shape index (κ2) is 7.60. The van der Waals surface area contributed by atoms with Crippen LogP contribution in [0.25, 0.3) is 0 Å². The minimum atomic E-state index is 0.556. The van der Waals surface area contributed by atoms with Crippen LogP contribution >= 0.6 is 11.3 Å². The van der Waals surface area contributed by atoms with Gasteiger partial charge >= 0.3 is 0 Å². The zero-order valence-electron chi connectivity index (χ0n) is 14.8. The average molecular weight is 357 g/mol. The third kappa shape index (κ3) is 5.25. The molecular formula is C17H23N7S. The fraction of sp³-hybridized carbons (Fsp3) is 0.412. The highest BCUT2D eigenvalue weighted by molar-refractivity contribution is 7.09. The van der Waals surface area contributed by atoms with Gasteiger partial charge in [0.25, 0.3) is 0 Å². The molecule has 0 saturated heterocycles. The van der Waals surface area contributed by atoms with Gasteiger partial charge in [-0.2, -0.15) is 10.1 Å². The van der Waals surface area contributed by atoms with Crippen molar-refractivity contribution in [3.8, 4) is 0 Å². The molecule has 0 amide bonds. The number of aromatic nitrogens is 3. The molecule has 3 rings (SSSR count). The van der Waals surface area contributed by atoms with E-state index in [0.29, 0.717) is 30.0 Å². The van der Waals surface area contributed by atoms with Gasteiger partial charge in [-0.25, -0.2) is 9.97 Å². The van der Waals surface area contributed by atoms with Crippen molar-refractivity contribution in [3.05, 3.63) is 40.2 Å². The van der Waals surface area contributed by atoms with E-state index in [0.717, 1.165) is 22.1 Å². The van der Waals surface area contributed by atoms with Crippen molar-refractivity contribution in [3.63, 3.8) is 0 Å². The Morgan fingerprint density at radius 2 is 2.08 bits per heavy atom. The van der Waals surface area contributed by atoms with Gasteiger partial charge in [0.1, 0.15) is 16.6 Å². The highest BCUT2D eigenvalue weighted by atomic mass is 32.1. The molecule has 0 atom stereocenters. The first-order valence-corrected chi connectivity index (χ1v) is 9.14. The summed E-state index contributed by atoms with van der Waals surface area (Å²) in [6.45, 7) is 10.5. The minimum Gasteiger partial charge on any atom is -0.348 e. The first-order chi connectivity index (χ1) is 12.0. The summed E-state index contributed by atoms with van der Waals surface area (Å²) in [5.41, 5.74) is 5.95. The Kier molecular flexibility index (Phi) is 5.28. The molecule has 1 fully saturated rings. The number of hydrazone groups is 1. The number of nitrogens with one attached hydrogen (secondary N) is 3. The van der Waals surface area contributed by atoms with Gasteiger partial charge in [0.2, 0.25) is 5.95 Å². The van der Waals surface area contributed by atoms with E-state index < -0.39 is 0 Å². The Bertz CT molecular complexity index is 792. The SMILES string of the molecule is C=C(N/N=C(\C)C1CC1)Nc1cc(C)nc(NCc2nc(C)cs2)n1. The van der Waals surface area contributed by atoms with Crippen molar-refractivity contribution in [1.82, 2.24) is 20.4 Å². The van der Waals surface area contributed by atoms with E-state index >= 15 is 0 Å². The lowest BCUT2D eigenvalue weighted by atomic mass is 10.3. The van der Waals surface area contributed by atoms with Crippen molar-refractivity contribution in [2.45, 2.75) is 40.2 Å². The molecule has 0 unspecified atom stereocenters. The molecule has 7 nitrogen and oxygen atoms in total. The summed E-state index contributed by atoms with van der Waals surface area (Å²) in [6.07, 6.45) is 2.46. The molecule has 0 spiro atoms. The van der Waals surface area contributed by atoms with Gasteiger partial charge in [0, 0.05) is 28.5 Å². The maximum atomic E-state index is 4.46. The van der Waals surface area contributed by atoms with E-state index in [1.54, 1.807) is 11.3 Å². The van der Waals surface area contributed by atoms with Gasteiger partial charge in [-0.15, -0.1) is 11.3 Å². The zero-order chi connectivity index (χ0) is 17.8. The molecule has 2 aromatic heterocycles. The fourth-order valence-corrected chi connectivity index (χ4v) is 2.99. The van der Waals surface area contributed by atoms with Gasteiger partial charge in [-0.05, 0) is 39.5 Å². The van der Waals surface area contributed by atoms with Crippen LogP contribution in [-0.2, 0) is 6.54 Å². The molecular weight excluding hydrogens is 334 g/mol. The van der Waals surface area contributed by atoms with Gasteiger partial charge in [-0.3, -0.25) is 5.43 Å².